The molecule has 180 valence electrons. The molecule has 0 saturated heterocycles. The zero-order valence-corrected chi connectivity index (χ0v) is 21.1. The maximum absolute atomic E-state index is 9.67. The smallest absolute Gasteiger partial charge is 0.0622 e. The lowest BCUT2D eigenvalue weighted by Gasteiger charge is -2.36. The van der Waals surface area contributed by atoms with Gasteiger partial charge in [-0.3, -0.25) is 0 Å². The van der Waals surface area contributed by atoms with Gasteiger partial charge in [-0.2, -0.15) is 5.26 Å². The topological polar surface area (TPSA) is 35.8 Å². The number of para-hydroxylation sites is 1. The molecule has 5 rings (SSSR count). The Hall–Kier alpha value is -4.61. The van der Waals surface area contributed by atoms with E-state index in [2.05, 4.69) is 128 Å². The zero-order valence-electron chi connectivity index (χ0n) is 21.1. The molecule has 5 aromatic rings. The summed E-state index contributed by atoms with van der Waals surface area (Å²) in [4.78, 5) is 0. The van der Waals surface area contributed by atoms with Gasteiger partial charge in [0.2, 0.25) is 0 Å². The molecule has 0 aliphatic carbocycles. The van der Waals surface area contributed by atoms with E-state index in [9.17, 15) is 5.26 Å². The highest BCUT2D eigenvalue weighted by Gasteiger charge is 2.36. The Morgan fingerprint density at radius 2 is 1.16 bits per heavy atom. The van der Waals surface area contributed by atoms with Crippen LogP contribution in [0.5, 0.6) is 0 Å². The number of nitrogens with one attached hydrogen (secondary N) is 1. The van der Waals surface area contributed by atoms with Crippen LogP contribution in [0, 0.1) is 18.3 Å². The Kier molecular flexibility index (Phi) is 7.15. The molecule has 0 bridgehead atoms. The summed E-state index contributed by atoms with van der Waals surface area (Å²) in [6, 6.07) is 49.3. The normalized spacial score (nSPS) is 12.3. The third-order valence-electron chi connectivity index (χ3n) is 7.05. The van der Waals surface area contributed by atoms with Gasteiger partial charge in [0.1, 0.15) is 0 Å². The highest BCUT2D eigenvalue weighted by atomic mass is 14.9. The van der Waals surface area contributed by atoms with Crippen LogP contribution in [-0.2, 0) is 5.41 Å². The van der Waals surface area contributed by atoms with Gasteiger partial charge in [0.05, 0.1) is 6.07 Å². The first-order chi connectivity index (χ1) is 18.2. The van der Waals surface area contributed by atoms with Gasteiger partial charge in [-0.15, -0.1) is 0 Å². The first kappa shape index (κ1) is 24.1. The number of rotatable bonds is 8. The van der Waals surface area contributed by atoms with Crippen molar-refractivity contribution in [2.24, 2.45) is 0 Å². The van der Waals surface area contributed by atoms with Crippen LogP contribution in [-0.4, -0.2) is 0 Å². The lowest BCUT2D eigenvalue weighted by Crippen LogP contribution is -2.29. The molecular formula is C35H30N2. The highest BCUT2D eigenvalue weighted by Crippen LogP contribution is 2.44. The van der Waals surface area contributed by atoms with Crippen molar-refractivity contribution in [1.29, 1.82) is 5.26 Å². The molecule has 1 unspecified atom stereocenters. The maximum Gasteiger partial charge on any atom is 0.0622 e. The second-order valence-electron chi connectivity index (χ2n) is 9.44. The van der Waals surface area contributed by atoms with E-state index in [4.69, 9.17) is 0 Å². The van der Waals surface area contributed by atoms with Crippen LogP contribution in [0.1, 0.15) is 35.1 Å². The van der Waals surface area contributed by atoms with Crippen molar-refractivity contribution >= 4 is 11.4 Å². The molecule has 1 N–H and O–H groups in total. The number of aryl methyl sites for hydroxylation is 1. The second kappa shape index (κ2) is 11.0. The van der Waals surface area contributed by atoms with Crippen LogP contribution < -0.4 is 5.32 Å². The molecule has 0 saturated carbocycles. The number of nitriles is 1. The van der Waals surface area contributed by atoms with Crippen molar-refractivity contribution < 1.29 is 0 Å². The Balaban J connectivity index is 1.62. The van der Waals surface area contributed by atoms with Crippen LogP contribution >= 0.6 is 0 Å². The molecule has 5 aromatic carbocycles. The molecule has 0 spiro atoms. The minimum absolute atomic E-state index is 0.442. The molecular weight excluding hydrogens is 448 g/mol. The summed E-state index contributed by atoms with van der Waals surface area (Å²) < 4.78 is 0. The summed E-state index contributed by atoms with van der Waals surface area (Å²) in [5.74, 6) is 0. The minimum Gasteiger partial charge on any atom is -0.356 e. The average molecular weight is 479 g/mol. The molecule has 2 heteroatoms. The summed E-state index contributed by atoms with van der Waals surface area (Å²) in [6.45, 7) is 2.13. The predicted octanol–water partition coefficient (Wildman–Crippen LogP) is 9.04. The van der Waals surface area contributed by atoms with Gasteiger partial charge in [0.15, 0.2) is 0 Å². The lowest BCUT2D eigenvalue weighted by molar-refractivity contribution is 0.569. The summed E-state index contributed by atoms with van der Waals surface area (Å²) in [5, 5.41) is 13.2. The molecule has 1 atom stereocenters. The van der Waals surface area contributed by atoms with E-state index >= 15 is 0 Å². The number of benzene rings is 5. The summed E-state index contributed by atoms with van der Waals surface area (Å²) in [6.07, 6.45) is 1.15. The van der Waals surface area contributed by atoms with E-state index in [1.807, 2.05) is 24.3 Å². The Labute approximate surface area is 219 Å². The lowest BCUT2D eigenvalue weighted by atomic mass is 9.66. The first-order valence-electron chi connectivity index (χ1n) is 12.7. The minimum atomic E-state index is -0.442. The van der Waals surface area contributed by atoms with Crippen molar-refractivity contribution in [3.8, 4) is 17.2 Å². The van der Waals surface area contributed by atoms with E-state index in [1.54, 1.807) is 0 Å². The van der Waals surface area contributed by atoms with E-state index in [-0.39, 0.29) is 0 Å². The van der Waals surface area contributed by atoms with Gasteiger partial charge in [0.25, 0.3) is 0 Å². The molecule has 37 heavy (non-hydrogen) atoms. The summed E-state index contributed by atoms with van der Waals surface area (Å²) in [5.41, 5.74) is 8.82. The molecule has 0 aromatic heterocycles. The third kappa shape index (κ3) is 5.17. The molecule has 0 aliphatic rings. The van der Waals surface area contributed by atoms with Gasteiger partial charge >= 0.3 is 0 Å². The molecule has 2 nitrogen and oxygen atoms in total. The maximum atomic E-state index is 9.67. The van der Waals surface area contributed by atoms with E-state index in [1.165, 1.54) is 33.4 Å². The van der Waals surface area contributed by atoms with Crippen molar-refractivity contribution in [2.45, 2.75) is 25.2 Å². The summed E-state index contributed by atoms with van der Waals surface area (Å²) >= 11 is 0. The fourth-order valence-corrected chi connectivity index (χ4v) is 5.19. The van der Waals surface area contributed by atoms with Crippen LogP contribution in [0.15, 0.2) is 133 Å². The van der Waals surface area contributed by atoms with Crippen LogP contribution in [0.25, 0.3) is 11.1 Å². The van der Waals surface area contributed by atoms with Crippen LogP contribution in [0.2, 0.25) is 0 Å². The van der Waals surface area contributed by atoms with Gasteiger partial charge in [-0.05, 0) is 65.4 Å². The second-order valence-corrected chi connectivity index (χ2v) is 9.44. The quantitative estimate of drug-likeness (QED) is 0.226. The van der Waals surface area contributed by atoms with E-state index in [0.29, 0.717) is 12.8 Å². The van der Waals surface area contributed by atoms with Crippen molar-refractivity contribution in [1.82, 2.24) is 0 Å². The fourth-order valence-electron chi connectivity index (χ4n) is 5.19. The molecule has 0 heterocycles. The fraction of sp³-hybridized carbons (Fsp3) is 0.114. The van der Waals surface area contributed by atoms with Gasteiger partial charge < -0.3 is 5.32 Å². The Morgan fingerprint density at radius 3 is 1.78 bits per heavy atom. The number of hydrogen-bond donors (Lipinski definition) is 1. The molecule has 0 fully saturated rings. The van der Waals surface area contributed by atoms with Gasteiger partial charge in [0, 0.05) is 23.2 Å². The SMILES string of the molecule is Cc1cccc(C(CCC#N)(c2ccc(Nc3ccccc3)cc2)c2ccc(-c3ccccc3)cc2)c1. The van der Waals surface area contributed by atoms with Crippen molar-refractivity contribution in [3.63, 3.8) is 0 Å². The van der Waals surface area contributed by atoms with Crippen LogP contribution in [0.4, 0.5) is 11.4 Å². The highest BCUT2D eigenvalue weighted by molar-refractivity contribution is 5.66. The van der Waals surface area contributed by atoms with Crippen molar-refractivity contribution in [3.05, 3.63) is 156 Å². The van der Waals surface area contributed by atoms with Gasteiger partial charge in [-0.25, -0.2) is 0 Å². The van der Waals surface area contributed by atoms with E-state index < -0.39 is 5.41 Å². The van der Waals surface area contributed by atoms with Crippen molar-refractivity contribution in [2.75, 3.05) is 5.32 Å². The number of anilines is 2. The molecule has 0 amide bonds. The largest absolute Gasteiger partial charge is 0.356 e. The summed E-state index contributed by atoms with van der Waals surface area (Å²) in [7, 11) is 0. The van der Waals surface area contributed by atoms with Crippen LogP contribution in [0.3, 0.4) is 0 Å². The van der Waals surface area contributed by atoms with Gasteiger partial charge in [-0.1, -0.05) is 115 Å². The molecule has 0 aliphatic heterocycles. The average Bonchev–Trinajstić information content (AvgIpc) is 2.96. The standard InChI is InChI=1S/C35H30N2/c1-27-10-8-13-32(26-27)35(24-9-25-36,30-18-16-29(17-19-30)28-11-4-2-5-12-28)31-20-22-34(23-21-31)37-33-14-6-3-7-15-33/h2-8,10-23,26,37H,9,24H2,1H3. The predicted molar refractivity (Wildman–Crippen MR) is 154 cm³/mol. The molecule has 0 radical (unpaired) electrons. The zero-order chi connectivity index (χ0) is 25.5. The monoisotopic (exact) mass is 478 g/mol. The van der Waals surface area contributed by atoms with E-state index in [0.717, 1.165) is 11.4 Å². The number of hydrogen-bond acceptors (Lipinski definition) is 2. The Morgan fingerprint density at radius 1 is 0.595 bits per heavy atom. The number of nitrogens with zero attached hydrogens (tertiary/aromatic N) is 1. The first-order valence-corrected chi connectivity index (χ1v) is 12.7. The third-order valence-corrected chi connectivity index (χ3v) is 7.05. The Bertz CT molecular complexity index is 1480.